The third-order valence-corrected chi connectivity index (χ3v) is 5.16. The maximum Gasteiger partial charge on any atom is 0.305 e. The number of hydrogen-bond acceptors (Lipinski definition) is 6. The highest BCUT2D eigenvalue weighted by molar-refractivity contribution is 7.89. The van der Waals surface area contributed by atoms with E-state index in [9.17, 15) is 13.2 Å². The number of aromatic nitrogens is 3. The van der Waals surface area contributed by atoms with Gasteiger partial charge in [0.15, 0.2) is 0 Å². The van der Waals surface area contributed by atoms with E-state index in [1.54, 1.807) is 5.38 Å². The summed E-state index contributed by atoms with van der Waals surface area (Å²) in [6.07, 6.45) is 3.76. The van der Waals surface area contributed by atoms with E-state index in [0.29, 0.717) is 5.01 Å². The number of nitrogens with one attached hydrogen (secondary N) is 1. The molecule has 0 amide bonds. The largest absolute Gasteiger partial charge is 0.481 e. The second-order valence-corrected chi connectivity index (χ2v) is 7.53. The van der Waals surface area contributed by atoms with Crippen molar-refractivity contribution in [2.24, 2.45) is 0 Å². The minimum absolute atomic E-state index is 0.00635. The van der Waals surface area contributed by atoms with Crippen molar-refractivity contribution in [2.45, 2.75) is 37.2 Å². The van der Waals surface area contributed by atoms with Crippen LogP contribution in [0.5, 0.6) is 0 Å². The molecule has 0 aliphatic carbocycles. The molecule has 0 aromatic carbocycles. The van der Waals surface area contributed by atoms with E-state index < -0.39 is 22.0 Å². The molecule has 0 radical (unpaired) electrons. The standard InChI is InChI=1S/C12H16N4O4S2/c1-8(2)16-7-9(6-14-16)22(19,20)15-10(5-11(17)18)12-13-3-4-21-12/h3-4,6-8,10,15H,5H2,1-2H3,(H,17,18). The maximum atomic E-state index is 12.4. The van der Waals surface area contributed by atoms with Gasteiger partial charge in [-0.1, -0.05) is 0 Å². The molecule has 2 heterocycles. The van der Waals surface area contributed by atoms with Gasteiger partial charge < -0.3 is 5.11 Å². The second kappa shape index (κ2) is 6.55. The number of carbonyl (C=O) groups is 1. The van der Waals surface area contributed by atoms with Crippen LogP contribution in [0.15, 0.2) is 28.9 Å². The van der Waals surface area contributed by atoms with Crippen molar-refractivity contribution in [1.82, 2.24) is 19.5 Å². The van der Waals surface area contributed by atoms with Gasteiger partial charge in [0.2, 0.25) is 10.0 Å². The van der Waals surface area contributed by atoms with Crippen molar-refractivity contribution < 1.29 is 18.3 Å². The summed E-state index contributed by atoms with van der Waals surface area (Å²) in [5.41, 5.74) is 0. The number of nitrogens with zero attached hydrogens (tertiary/aromatic N) is 3. The molecule has 0 fully saturated rings. The molecule has 1 unspecified atom stereocenters. The monoisotopic (exact) mass is 344 g/mol. The van der Waals surface area contributed by atoms with Crippen molar-refractivity contribution in [3.8, 4) is 0 Å². The summed E-state index contributed by atoms with van der Waals surface area (Å²) in [7, 11) is -3.87. The van der Waals surface area contributed by atoms with Gasteiger partial charge in [0.05, 0.1) is 18.7 Å². The predicted molar refractivity (Wildman–Crippen MR) is 80.0 cm³/mol. The molecule has 0 saturated carbocycles. The van der Waals surface area contributed by atoms with Crippen LogP contribution in [0, 0.1) is 0 Å². The Kier molecular flexibility index (Phi) is 4.94. The summed E-state index contributed by atoms with van der Waals surface area (Å²) in [6, 6.07) is -0.886. The Balaban J connectivity index is 2.25. The van der Waals surface area contributed by atoms with Gasteiger partial charge in [0.1, 0.15) is 9.90 Å². The lowest BCUT2D eigenvalue weighted by Crippen LogP contribution is -2.30. The molecule has 0 spiro atoms. The molecule has 2 rings (SSSR count). The predicted octanol–water partition coefficient (Wildman–Crippen LogP) is 1.41. The summed E-state index contributed by atoms with van der Waals surface area (Å²) in [6.45, 7) is 3.75. The molecule has 0 bridgehead atoms. The highest BCUT2D eigenvalue weighted by atomic mass is 32.2. The zero-order chi connectivity index (χ0) is 16.3. The molecular formula is C12H16N4O4S2. The van der Waals surface area contributed by atoms with Gasteiger partial charge in [-0.25, -0.2) is 18.1 Å². The average molecular weight is 344 g/mol. The molecule has 2 aromatic heterocycles. The molecule has 0 aliphatic rings. The Labute approximate surface area is 131 Å². The molecule has 1 atom stereocenters. The molecular weight excluding hydrogens is 328 g/mol. The van der Waals surface area contributed by atoms with Gasteiger partial charge >= 0.3 is 5.97 Å². The first-order valence-corrected chi connectivity index (χ1v) is 8.83. The summed E-state index contributed by atoms with van der Waals surface area (Å²) in [4.78, 5) is 14.9. The lowest BCUT2D eigenvalue weighted by atomic mass is 10.2. The fraction of sp³-hybridized carbons (Fsp3) is 0.417. The molecule has 0 saturated heterocycles. The van der Waals surface area contributed by atoms with Crippen LogP contribution in [0.1, 0.15) is 37.4 Å². The van der Waals surface area contributed by atoms with Crippen LogP contribution < -0.4 is 4.72 Å². The summed E-state index contributed by atoms with van der Waals surface area (Å²) >= 11 is 1.20. The lowest BCUT2D eigenvalue weighted by Gasteiger charge is -2.13. The van der Waals surface area contributed by atoms with Crippen LogP contribution >= 0.6 is 11.3 Å². The number of thiazole rings is 1. The van der Waals surface area contributed by atoms with Crippen LogP contribution in [0.25, 0.3) is 0 Å². The van der Waals surface area contributed by atoms with Crippen LogP contribution in [-0.4, -0.2) is 34.3 Å². The number of carboxylic acids is 1. The van der Waals surface area contributed by atoms with Gasteiger partial charge in [-0.15, -0.1) is 11.3 Å². The average Bonchev–Trinajstić information content (AvgIpc) is 3.09. The number of hydrogen-bond donors (Lipinski definition) is 2. The molecule has 0 aliphatic heterocycles. The molecule has 8 nitrogen and oxygen atoms in total. The van der Waals surface area contributed by atoms with Crippen LogP contribution in [0.3, 0.4) is 0 Å². The topological polar surface area (TPSA) is 114 Å². The Hall–Kier alpha value is -1.78. The first kappa shape index (κ1) is 16.6. The minimum Gasteiger partial charge on any atom is -0.481 e. The van der Waals surface area contributed by atoms with Crippen molar-refractivity contribution >= 4 is 27.3 Å². The van der Waals surface area contributed by atoms with E-state index in [1.165, 1.54) is 34.6 Å². The molecule has 10 heteroatoms. The fourth-order valence-electron chi connectivity index (χ4n) is 1.76. The van der Waals surface area contributed by atoms with E-state index in [0.717, 1.165) is 0 Å². The lowest BCUT2D eigenvalue weighted by molar-refractivity contribution is -0.137. The van der Waals surface area contributed by atoms with E-state index in [1.807, 2.05) is 13.8 Å². The number of carboxylic acid groups (broad SMARTS) is 1. The van der Waals surface area contributed by atoms with Crippen LogP contribution in [0.2, 0.25) is 0 Å². The normalized spacial score (nSPS) is 13.4. The Morgan fingerprint density at radius 1 is 1.50 bits per heavy atom. The molecule has 2 aromatic rings. The third-order valence-electron chi connectivity index (χ3n) is 2.84. The van der Waals surface area contributed by atoms with Gasteiger partial charge in [-0.2, -0.15) is 5.10 Å². The Morgan fingerprint density at radius 3 is 2.73 bits per heavy atom. The quantitative estimate of drug-likeness (QED) is 0.785. The Morgan fingerprint density at radius 2 is 2.23 bits per heavy atom. The van der Waals surface area contributed by atoms with E-state index in [2.05, 4.69) is 14.8 Å². The molecule has 22 heavy (non-hydrogen) atoms. The maximum absolute atomic E-state index is 12.4. The van der Waals surface area contributed by atoms with Crippen LogP contribution in [0.4, 0.5) is 0 Å². The van der Waals surface area contributed by atoms with Crippen molar-refractivity contribution in [3.05, 3.63) is 29.0 Å². The van der Waals surface area contributed by atoms with E-state index in [4.69, 9.17) is 5.11 Å². The van der Waals surface area contributed by atoms with Gasteiger partial charge in [0.25, 0.3) is 0 Å². The van der Waals surface area contributed by atoms with Crippen molar-refractivity contribution in [1.29, 1.82) is 0 Å². The smallest absolute Gasteiger partial charge is 0.305 e. The number of sulfonamides is 1. The first-order valence-electron chi connectivity index (χ1n) is 6.47. The SMILES string of the molecule is CC(C)n1cc(S(=O)(=O)NC(CC(=O)O)c2nccs2)cn1. The summed E-state index contributed by atoms with van der Waals surface area (Å²) in [5.74, 6) is -1.11. The van der Waals surface area contributed by atoms with Crippen LogP contribution in [-0.2, 0) is 14.8 Å². The zero-order valence-corrected chi connectivity index (χ0v) is 13.6. The fourth-order valence-corrected chi connectivity index (χ4v) is 3.66. The first-order chi connectivity index (χ1) is 10.3. The number of aliphatic carboxylic acids is 1. The number of rotatable bonds is 7. The third kappa shape index (κ3) is 3.90. The van der Waals surface area contributed by atoms with Crippen molar-refractivity contribution in [2.75, 3.05) is 0 Å². The molecule has 2 N–H and O–H groups in total. The Bertz CT molecular complexity index is 737. The molecule has 120 valence electrons. The van der Waals surface area contributed by atoms with E-state index in [-0.39, 0.29) is 17.4 Å². The van der Waals surface area contributed by atoms with Gasteiger partial charge in [0, 0.05) is 23.8 Å². The van der Waals surface area contributed by atoms with Gasteiger partial charge in [-0.05, 0) is 13.8 Å². The minimum atomic E-state index is -3.87. The summed E-state index contributed by atoms with van der Waals surface area (Å²) < 4.78 is 28.6. The highest BCUT2D eigenvalue weighted by Gasteiger charge is 2.26. The second-order valence-electron chi connectivity index (χ2n) is 4.89. The zero-order valence-electron chi connectivity index (χ0n) is 12.0. The van der Waals surface area contributed by atoms with E-state index >= 15 is 0 Å². The van der Waals surface area contributed by atoms with Gasteiger partial charge in [-0.3, -0.25) is 9.48 Å². The highest BCUT2D eigenvalue weighted by Crippen LogP contribution is 2.22. The van der Waals surface area contributed by atoms with Crippen molar-refractivity contribution in [3.63, 3.8) is 0 Å². The summed E-state index contributed by atoms with van der Waals surface area (Å²) in [5, 5.41) is 15.0.